The van der Waals surface area contributed by atoms with E-state index in [0.29, 0.717) is 0 Å². The zero-order valence-electron chi connectivity index (χ0n) is 6.81. The fourth-order valence-electron chi connectivity index (χ4n) is 1.49. The first-order valence-corrected chi connectivity index (χ1v) is 4.15. The Morgan fingerprint density at radius 2 is 2.50 bits per heavy atom. The average molecular weight is 164 g/mol. The molecule has 12 heavy (non-hydrogen) atoms. The molecule has 0 aromatic carbocycles. The smallest absolute Gasteiger partial charge is 0.0991 e. The Morgan fingerprint density at radius 1 is 1.58 bits per heavy atom. The standard InChI is InChI=1S/C9H12N2O/c10-8-3-5-12-9(8)7-2-1-4-11-6-7/h1-2,4,6,8-9H,3,5,10H2/t8-,9-/m0/s1. The van der Waals surface area contributed by atoms with Gasteiger partial charge >= 0.3 is 0 Å². The number of hydrogen-bond donors (Lipinski definition) is 1. The summed E-state index contributed by atoms with van der Waals surface area (Å²) in [6.07, 6.45) is 4.57. The van der Waals surface area contributed by atoms with Gasteiger partial charge in [0.15, 0.2) is 0 Å². The van der Waals surface area contributed by atoms with Crippen molar-refractivity contribution in [2.75, 3.05) is 6.61 Å². The lowest BCUT2D eigenvalue weighted by molar-refractivity contribution is 0.105. The van der Waals surface area contributed by atoms with Crippen molar-refractivity contribution < 1.29 is 4.74 Å². The topological polar surface area (TPSA) is 48.1 Å². The molecule has 0 saturated carbocycles. The van der Waals surface area contributed by atoms with Crippen LogP contribution in [0.3, 0.4) is 0 Å². The molecule has 1 saturated heterocycles. The van der Waals surface area contributed by atoms with Gasteiger partial charge in [-0.05, 0) is 12.5 Å². The number of hydrogen-bond acceptors (Lipinski definition) is 3. The first-order valence-electron chi connectivity index (χ1n) is 4.15. The molecule has 1 fully saturated rings. The van der Waals surface area contributed by atoms with Crippen LogP contribution < -0.4 is 5.73 Å². The largest absolute Gasteiger partial charge is 0.372 e. The summed E-state index contributed by atoms with van der Waals surface area (Å²) in [7, 11) is 0. The van der Waals surface area contributed by atoms with Crippen molar-refractivity contribution in [2.24, 2.45) is 5.73 Å². The molecule has 3 heteroatoms. The minimum atomic E-state index is 0.0544. The van der Waals surface area contributed by atoms with Gasteiger partial charge in [-0.1, -0.05) is 6.07 Å². The van der Waals surface area contributed by atoms with E-state index in [-0.39, 0.29) is 12.1 Å². The molecule has 2 heterocycles. The van der Waals surface area contributed by atoms with Gasteiger partial charge in [-0.2, -0.15) is 0 Å². The normalized spacial score (nSPS) is 29.1. The van der Waals surface area contributed by atoms with Gasteiger partial charge < -0.3 is 10.5 Å². The van der Waals surface area contributed by atoms with Gasteiger partial charge in [0.1, 0.15) is 0 Å². The molecule has 0 spiro atoms. The van der Waals surface area contributed by atoms with Gasteiger partial charge in [-0.15, -0.1) is 0 Å². The Labute approximate surface area is 71.6 Å². The number of ether oxygens (including phenoxy) is 1. The minimum absolute atomic E-state index is 0.0544. The van der Waals surface area contributed by atoms with E-state index in [2.05, 4.69) is 4.98 Å². The molecule has 2 rings (SSSR count). The van der Waals surface area contributed by atoms with Crippen LogP contribution in [0.1, 0.15) is 18.1 Å². The third-order valence-corrected chi connectivity index (χ3v) is 2.15. The predicted octanol–water partition coefficient (Wildman–Crippen LogP) is 0.870. The first-order chi connectivity index (χ1) is 5.88. The Balaban J connectivity index is 2.19. The van der Waals surface area contributed by atoms with Crippen LogP contribution in [0.4, 0.5) is 0 Å². The van der Waals surface area contributed by atoms with Crippen LogP contribution in [-0.2, 0) is 4.74 Å². The molecular formula is C9H12N2O. The maximum atomic E-state index is 5.86. The van der Waals surface area contributed by atoms with Gasteiger partial charge in [0.25, 0.3) is 0 Å². The highest BCUT2D eigenvalue weighted by Crippen LogP contribution is 2.26. The number of pyridine rings is 1. The lowest BCUT2D eigenvalue weighted by atomic mass is 10.1. The molecule has 0 unspecified atom stereocenters. The number of rotatable bonds is 1. The van der Waals surface area contributed by atoms with E-state index in [0.717, 1.165) is 18.6 Å². The molecule has 0 radical (unpaired) electrons. The van der Waals surface area contributed by atoms with Gasteiger partial charge in [-0.3, -0.25) is 4.98 Å². The molecule has 1 aliphatic heterocycles. The molecular weight excluding hydrogens is 152 g/mol. The van der Waals surface area contributed by atoms with E-state index in [4.69, 9.17) is 10.5 Å². The van der Waals surface area contributed by atoms with Crippen molar-refractivity contribution in [3.8, 4) is 0 Å². The molecule has 0 amide bonds. The van der Waals surface area contributed by atoms with Crippen LogP contribution >= 0.6 is 0 Å². The third-order valence-electron chi connectivity index (χ3n) is 2.15. The van der Waals surface area contributed by atoms with E-state index >= 15 is 0 Å². The van der Waals surface area contributed by atoms with Crippen LogP contribution in [0.2, 0.25) is 0 Å². The van der Waals surface area contributed by atoms with Crippen molar-refractivity contribution in [1.29, 1.82) is 0 Å². The Kier molecular flexibility index (Phi) is 2.06. The number of nitrogens with zero attached hydrogens (tertiary/aromatic N) is 1. The van der Waals surface area contributed by atoms with Crippen LogP contribution in [0.5, 0.6) is 0 Å². The Hall–Kier alpha value is -0.930. The lowest BCUT2D eigenvalue weighted by Gasteiger charge is -2.13. The minimum Gasteiger partial charge on any atom is -0.372 e. The highest BCUT2D eigenvalue weighted by Gasteiger charge is 2.26. The summed E-state index contributed by atoms with van der Waals surface area (Å²) >= 11 is 0. The van der Waals surface area contributed by atoms with Crippen LogP contribution in [-0.4, -0.2) is 17.6 Å². The highest BCUT2D eigenvalue weighted by atomic mass is 16.5. The first kappa shape index (κ1) is 7.71. The van der Waals surface area contributed by atoms with Crippen LogP contribution in [0, 0.1) is 0 Å². The summed E-state index contributed by atoms with van der Waals surface area (Å²) in [5.74, 6) is 0. The SMILES string of the molecule is N[C@H]1CCO[C@H]1c1cccnc1. The molecule has 1 aromatic rings. The van der Waals surface area contributed by atoms with Crippen molar-refractivity contribution >= 4 is 0 Å². The molecule has 1 aliphatic rings. The van der Waals surface area contributed by atoms with E-state index in [1.165, 1.54) is 0 Å². The Morgan fingerprint density at radius 3 is 3.08 bits per heavy atom. The summed E-state index contributed by atoms with van der Waals surface area (Å²) in [6.45, 7) is 0.765. The van der Waals surface area contributed by atoms with E-state index in [1.807, 2.05) is 18.3 Å². The maximum absolute atomic E-state index is 5.86. The van der Waals surface area contributed by atoms with Crippen LogP contribution in [0.25, 0.3) is 0 Å². The second-order valence-electron chi connectivity index (χ2n) is 3.03. The van der Waals surface area contributed by atoms with E-state index in [1.54, 1.807) is 6.20 Å². The summed E-state index contributed by atoms with van der Waals surface area (Å²) in [4.78, 5) is 4.03. The van der Waals surface area contributed by atoms with Gasteiger partial charge in [-0.25, -0.2) is 0 Å². The van der Waals surface area contributed by atoms with Crippen molar-refractivity contribution in [3.05, 3.63) is 30.1 Å². The van der Waals surface area contributed by atoms with Gasteiger partial charge in [0.05, 0.1) is 6.10 Å². The molecule has 2 N–H and O–H groups in total. The van der Waals surface area contributed by atoms with Crippen molar-refractivity contribution in [3.63, 3.8) is 0 Å². The summed E-state index contributed by atoms with van der Waals surface area (Å²) in [5, 5.41) is 0. The molecule has 2 atom stereocenters. The predicted molar refractivity (Wildman–Crippen MR) is 45.5 cm³/mol. The fraction of sp³-hybridized carbons (Fsp3) is 0.444. The average Bonchev–Trinajstić information content (AvgIpc) is 2.53. The summed E-state index contributed by atoms with van der Waals surface area (Å²) in [6, 6.07) is 4.04. The van der Waals surface area contributed by atoms with Crippen molar-refractivity contribution in [2.45, 2.75) is 18.6 Å². The van der Waals surface area contributed by atoms with Crippen LogP contribution in [0.15, 0.2) is 24.5 Å². The van der Waals surface area contributed by atoms with Gasteiger partial charge in [0, 0.05) is 30.6 Å². The van der Waals surface area contributed by atoms with Crippen molar-refractivity contribution in [1.82, 2.24) is 4.98 Å². The summed E-state index contributed by atoms with van der Waals surface area (Å²) < 4.78 is 5.49. The second-order valence-corrected chi connectivity index (χ2v) is 3.03. The monoisotopic (exact) mass is 164 g/mol. The van der Waals surface area contributed by atoms with E-state index in [9.17, 15) is 0 Å². The number of nitrogens with two attached hydrogens (primary N) is 1. The lowest BCUT2D eigenvalue weighted by Crippen LogP contribution is -2.23. The number of aromatic nitrogens is 1. The molecule has 3 nitrogen and oxygen atoms in total. The van der Waals surface area contributed by atoms with Gasteiger partial charge in [0.2, 0.25) is 0 Å². The molecule has 0 bridgehead atoms. The second kappa shape index (κ2) is 3.21. The highest BCUT2D eigenvalue weighted by molar-refractivity contribution is 5.15. The third kappa shape index (κ3) is 1.33. The molecule has 64 valence electrons. The fourth-order valence-corrected chi connectivity index (χ4v) is 1.49. The summed E-state index contributed by atoms with van der Waals surface area (Å²) in [5.41, 5.74) is 6.94. The zero-order chi connectivity index (χ0) is 8.39. The maximum Gasteiger partial charge on any atom is 0.0991 e. The Bertz CT molecular complexity index is 250. The zero-order valence-corrected chi connectivity index (χ0v) is 6.81. The van der Waals surface area contributed by atoms with E-state index < -0.39 is 0 Å². The quantitative estimate of drug-likeness (QED) is 0.670. The molecule has 0 aliphatic carbocycles. The molecule has 1 aromatic heterocycles.